The fourth-order valence-corrected chi connectivity index (χ4v) is 1.91. The number of phenols is 3. The van der Waals surface area contributed by atoms with Crippen molar-refractivity contribution in [1.29, 1.82) is 0 Å². The molecule has 0 fully saturated rings. The van der Waals surface area contributed by atoms with E-state index in [0.717, 1.165) is 6.07 Å². The van der Waals surface area contributed by atoms with Crippen molar-refractivity contribution >= 4 is 21.9 Å². The summed E-state index contributed by atoms with van der Waals surface area (Å²) in [4.78, 5) is 12.2. The van der Waals surface area contributed by atoms with Crippen LogP contribution in [-0.4, -0.2) is 15.3 Å². The van der Waals surface area contributed by atoms with Crippen molar-refractivity contribution in [2.45, 2.75) is 0 Å². The van der Waals surface area contributed by atoms with Crippen LogP contribution in [0.15, 0.2) is 39.5 Å². The molecule has 1 heterocycles. The van der Waals surface area contributed by atoms with E-state index in [9.17, 15) is 20.1 Å². The van der Waals surface area contributed by atoms with E-state index in [1.54, 1.807) is 0 Å². The third kappa shape index (κ3) is 1.37. The van der Waals surface area contributed by atoms with Crippen LogP contribution >= 0.6 is 0 Å². The Hall–Kier alpha value is -2.69. The molecule has 0 radical (unpaired) electrons. The minimum atomic E-state index is -0.423. The van der Waals surface area contributed by atoms with Gasteiger partial charge in [-0.15, -0.1) is 0 Å². The van der Waals surface area contributed by atoms with Crippen molar-refractivity contribution in [2.75, 3.05) is 0 Å². The van der Waals surface area contributed by atoms with Crippen LogP contribution in [0.4, 0.5) is 0 Å². The van der Waals surface area contributed by atoms with Gasteiger partial charge in [0.15, 0.2) is 11.3 Å². The summed E-state index contributed by atoms with van der Waals surface area (Å²) in [6, 6.07) is 6.41. The van der Waals surface area contributed by atoms with Gasteiger partial charge < -0.3 is 19.7 Å². The van der Waals surface area contributed by atoms with E-state index in [1.165, 1.54) is 24.3 Å². The maximum Gasteiger partial charge on any atom is 0.200 e. The molecule has 0 aliphatic carbocycles. The Balaban J connectivity index is 2.61. The van der Waals surface area contributed by atoms with Gasteiger partial charge in [0.1, 0.15) is 17.1 Å². The quantitative estimate of drug-likeness (QED) is 0.526. The molecule has 0 amide bonds. The summed E-state index contributed by atoms with van der Waals surface area (Å²) in [7, 11) is 0. The second-order valence-corrected chi connectivity index (χ2v) is 3.95. The van der Waals surface area contributed by atoms with Gasteiger partial charge in [-0.25, -0.2) is 0 Å². The molecule has 0 atom stereocenters. The summed E-state index contributed by atoms with van der Waals surface area (Å²) >= 11 is 0. The fraction of sp³-hybridized carbons (Fsp3) is 0. The van der Waals surface area contributed by atoms with E-state index in [2.05, 4.69) is 0 Å². The van der Waals surface area contributed by atoms with Crippen molar-refractivity contribution in [3.8, 4) is 17.2 Å². The summed E-state index contributed by atoms with van der Waals surface area (Å²) in [5.41, 5.74) is -0.157. The number of fused-ring (bicyclic) bond motifs is 2. The smallest absolute Gasteiger partial charge is 0.200 e. The first-order valence-electron chi connectivity index (χ1n) is 5.18. The fourth-order valence-electron chi connectivity index (χ4n) is 1.91. The Morgan fingerprint density at radius 3 is 2.39 bits per heavy atom. The predicted molar refractivity (Wildman–Crippen MR) is 65.0 cm³/mol. The lowest BCUT2D eigenvalue weighted by molar-refractivity contribution is 0.447. The van der Waals surface area contributed by atoms with Crippen LogP contribution in [0.5, 0.6) is 17.2 Å². The van der Waals surface area contributed by atoms with Gasteiger partial charge in [0, 0.05) is 6.07 Å². The highest BCUT2D eigenvalue weighted by atomic mass is 16.4. The summed E-state index contributed by atoms with van der Waals surface area (Å²) < 4.78 is 5.40. The molecular formula is C13H8O5. The zero-order chi connectivity index (χ0) is 12.9. The van der Waals surface area contributed by atoms with Crippen LogP contribution in [0, 0.1) is 0 Å². The number of benzene rings is 2. The van der Waals surface area contributed by atoms with Crippen molar-refractivity contribution in [2.24, 2.45) is 0 Å². The molecule has 0 aliphatic heterocycles. The minimum absolute atomic E-state index is 0.0102. The molecule has 0 unspecified atom stereocenters. The van der Waals surface area contributed by atoms with Crippen LogP contribution in [0.2, 0.25) is 0 Å². The molecule has 2 aromatic carbocycles. The first-order chi connectivity index (χ1) is 8.56. The third-order valence-corrected chi connectivity index (χ3v) is 2.72. The summed E-state index contributed by atoms with van der Waals surface area (Å²) in [6.45, 7) is 0. The molecule has 0 saturated heterocycles. The normalized spacial score (nSPS) is 11.1. The topological polar surface area (TPSA) is 90.9 Å². The lowest BCUT2D eigenvalue weighted by Crippen LogP contribution is -2.01. The molecule has 5 heteroatoms. The molecule has 3 N–H and O–H groups in total. The van der Waals surface area contributed by atoms with E-state index in [1.807, 2.05) is 0 Å². The highest BCUT2D eigenvalue weighted by molar-refractivity contribution is 5.93. The first kappa shape index (κ1) is 10.5. The molecule has 5 nitrogen and oxygen atoms in total. The largest absolute Gasteiger partial charge is 0.508 e. The molecule has 3 rings (SSSR count). The molecule has 0 spiro atoms. The predicted octanol–water partition coefficient (Wildman–Crippen LogP) is 2.06. The second kappa shape index (κ2) is 3.40. The number of phenolic OH excluding ortho intramolecular Hbond substituents is 3. The SMILES string of the molecule is O=c1c2cc(O)ccc2oc2c(O)cc(O)cc12. The standard InChI is InChI=1S/C13H8O5/c14-6-1-2-11-8(3-6)12(17)9-4-7(15)5-10(16)13(9)18-11/h1-5,14-16H. The monoisotopic (exact) mass is 244 g/mol. The van der Waals surface area contributed by atoms with Gasteiger partial charge in [0.2, 0.25) is 5.43 Å². The van der Waals surface area contributed by atoms with Crippen LogP contribution < -0.4 is 5.43 Å². The van der Waals surface area contributed by atoms with Crippen molar-refractivity contribution in [1.82, 2.24) is 0 Å². The van der Waals surface area contributed by atoms with E-state index in [-0.39, 0.29) is 39.2 Å². The van der Waals surface area contributed by atoms with E-state index in [4.69, 9.17) is 4.42 Å². The van der Waals surface area contributed by atoms with Crippen LogP contribution in [0.25, 0.3) is 21.9 Å². The second-order valence-electron chi connectivity index (χ2n) is 3.95. The Morgan fingerprint density at radius 1 is 0.889 bits per heavy atom. The Morgan fingerprint density at radius 2 is 1.61 bits per heavy atom. The molecule has 90 valence electrons. The van der Waals surface area contributed by atoms with Gasteiger partial charge in [0.05, 0.1) is 10.8 Å². The van der Waals surface area contributed by atoms with E-state index >= 15 is 0 Å². The maximum absolute atomic E-state index is 12.2. The van der Waals surface area contributed by atoms with Gasteiger partial charge in [-0.05, 0) is 24.3 Å². The molecule has 1 aromatic heterocycles. The van der Waals surface area contributed by atoms with Crippen LogP contribution in [0.3, 0.4) is 0 Å². The van der Waals surface area contributed by atoms with Gasteiger partial charge in [0.25, 0.3) is 0 Å². The highest BCUT2D eigenvalue weighted by Crippen LogP contribution is 2.30. The Labute approximate surface area is 100 Å². The van der Waals surface area contributed by atoms with Crippen LogP contribution in [0.1, 0.15) is 0 Å². The molecule has 0 bridgehead atoms. The van der Waals surface area contributed by atoms with Crippen molar-refractivity contribution in [3.63, 3.8) is 0 Å². The van der Waals surface area contributed by atoms with Crippen molar-refractivity contribution < 1.29 is 19.7 Å². The van der Waals surface area contributed by atoms with Gasteiger partial charge in [-0.2, -0.15) is 0 Å². The first-order valence-corrected chi connectivity index (χ1v) is 5.18. The van der Waals surface area contributed by atoms with Gasteiger partial charge in [-0.3, -0.25) is 4.79 Å². The van der Waals surface area contributed by atoms with Crippen LogP contribution in [-0.2, 0) is 0 Å². The Bertz CT molecular complexity index is 832. The average molecular weight is 244 g/mol. The summed E-state index contributed by atoms with van der Waals surface area (Å²) in [6.07, 6.45) is 0. The molecular weight excluding hydrogens is 236 g/mol. The minimum Gasteiger partial charge on any atom is -0.508 e. The lowest BCUT2D eigenvalue weighted by atomic mass is 10.1. The zero-order valence-electron chi connectivity index (χ0n) is 9.04. The van der Waals surface area contributed by atoms with Gasteiger partial charge in [-0.1, -0.05) is 0 Å². The maximum atomic E-state index is 12.2. The average Bonchev–Trinajstić information content (AvgIpc) is 2.32. The number of hydrogen-bond donors (Lipinski definition) is 3. The molecule has 3 aromatic rings. The number of hydrogen-bond acceptors (Lipinski definition) is 5. The molecule has 0 aliphatic rings. The van der Waals surface area contributed by atoms with E-state index in [0.29, 0.717) is 0 Å². The van der Waals surface area contributed by atoms with Crippen molar-refractivity contribution in [3.05, 3.63) is 40.6 Å². The summed E-state index contributed by atoms with van der Waals surface area (Å²) in [5, 5.41) is 28.6. The summed E-state index contributed by atoms with van der Waals surface area (Å²) in [5.74, 6) is -0.595. The molecule has 0 saturated carbocycles. The number of aromatic hydroxyl groups is 3. The number of rotatable bonds is 0. The van der Waals surface area contributed by atoms with Gasteiger partial charge >= 0.3 is 0 Å². The lowest BCUT2D eigenvalue weighted by Gasteiger charge is -2.04. The third-order valence-electron chi connectivity index (χ3n) is 2.72. The zero-order valence-corrected chi connectivity index (χ0v) is 9.04. The molecule has 18 heavy (non-hydrogen) atoms. The highest BCUT2D eigenvalue weighted by Gasteiger charge is 2.12. The Kier molecular flexibility index (Phi) is 1.98. The van der Waals surface area contributed by atoms with E-state index < -0.39 is 5.43 Å².